The van der Waals surface area contributed by atoms with E-state index in [9.17, 15) is 9.18 Å². The molecule has 4 aromatic carbocycles. The lowest BCUT2D eigenvalue weighted by Gasteiger charge is -2.30. The molecule has 1 aliphatic carbocycles. The molecule has 0 fully saturated rings. The first-order chi connectivity index (χ1) is 15.1. The van der Waals surface area contributed by atoms with Gasteiger partial charge in [-0.05, 0) is 64.9 Å². The average Bonchev–Trinajstić information content (AvgIpc) is 3.21. The standard InChI is InChI=1S/C28H24FNO/c1-19-13-14-21-8-4-5-12-26(21)27(19)28(31)30(18-20-7-6-11-24(29)15-20)25-16-22-9-2-3-10-23(22)17-25/h2-15,25H,16-18H2,1H3. The van der Waals surface area contributed by atoms with Crippen molar-refractivity contribution in [1.82, 2.24) is 4.90 Å². The highest BCUT2D eigenvalue weighted by molar-refractivity contribution is 6.08. The van der Waals surface area contributed by atoms with E-state index >= 15 is 0 Å². The number of halogens is 1. The lowest BCUT2D eigenvalue weighted by atomic mass is 9.97. The molecule has 3 heteroatoms. The molecule has 1 amide bonds. The van der Waals surface area contributed by atoms with E-state index in [4.69, 9.17) is 0 Å². The van der Waals surface area contributed by atoms with E-state index in [0.29, 0.717) is 6.54 Å². The smallest absolute Gasteiger partial charge is 0.255 e. The van der Waals surface area contributed by atoms with E-state index in [-0.39, 0.29) is 17.8 Å². The van der Waals surface area contributed by atoms with Crippen molar-refractivity contribution in [3.05, 3.63) is 119 Å². The number of fused-ring (bicyclic) bond motifs is 2. The predicted molar refractivity (Wildman–Crippen MR) is 123 cm³/mol. The van der Waals surface area contributed by atoms with Gasteiger partial charge in [0.1, 0.15) is 5.82 Å². The largest absolute Gasteiger partial charge is 0.331 e. The molecule has 0 atom stereocenters. The lowest BCUT2D eigenvalue weighted by molar-refractivity contribution is 0.0669. The Hall–Kier alpha value is -3.46. The van der Waals surface area contributed by atoms with Crippen molar-refractivity contribution < 1.29 is 9.18 Å². The van der Waals surface area contributed by atoms with Gasteiger partial charge in [-0.1, -0.05) is 72.8 Å². The minimum Gasteiger partial charge on any atom is -0.331 e. The summed E-state index contributed by atoms with van der Waals surface area (Å²) >= 11 is 0. The number of carbonyl (C=O) groups excluding carboxylic acids is 1. The van der Waals surface area contributed by atoms with Gasteiger partial charge in [-0.3, -0.25) is 4.79 Å². The molecule has 0 radical (unpaired) electrons. The molecule has 0 aromatic heterocycles. The monoisotopic (exact) mass is 409 g/mol. The van der Waals surface area contributed by atoms with E-state index in [2.05, 4.69) is 30.3 Å². The zero-order valence-corrected chi connectivity index (χ0v) is 17.5. The molecule has 0 aliphatic heterocycles. The lowest BCUT2D eigenvalue weighted by Crippen LogP contribution is -2.40. The molecule has 1 aliphatic rings. The molecule has 5 rings (SSSR count). The van der Waals surface area contributed by atoms with Crippen LogP contribution in [0.1, 0.15) is 32.6 Å². The summed E-state index contributed by atoms with van der Waals surface area (Å²) in [6.45, 7) is 2.38. The third-order valence-corrected chi connectivity index (χ3v) is 6.32. The summed E-state index contributed by atoms with van der Waals surface area (Å²) in [5.74, 6) is -0.266. The summed E-state index contributed by atoms with van der Waals surface area (Å²) < 4.78 is 13.9. The Bertz CT molecular complexity index is 1250. The van der Waals surface area contributed by atoms with Crippen molar-refractivity contribution in [2.75, 3.05) is 0 Å². The fraction of sp³-hybridized carbons (Fsp3) is 0.179. The molecule has 0 saturated heterocycles. The molecule has 0 unspecified atom stereocenters. The van der Waals surface area contributed by atoms with Gasteiger partial charge in [0, 0.05) is 12.6 Å². The second kappa shape index (κ2) is 7.99. The van der Waals surface area contributed by atoms with Crippen LogP contribution in [0.15, 0.2) is 84.9 Å². The Balaban J connectivity index is 1.58. The third kappa shape index (κ3) is 3.72. The van der Waals surface area contributed by atoms with E-state index in [1.807, 2.05) is 48.2 Å². The van der Waals surface area contributed by atoms with Gasteiger partial charge in [0.05, 0.1) is 5.56 Å². The van der Waals surface area contributed by atoms with Crippen LogP contribution in [-0.2, 0) is 19.4 Å². The quantitative estimate of drug-likeness (QED) is 0.399. The molecular formula is C28H24FNO. The summed E-state index contributed by atoms with van der Waals surface area (Å²) in [5, 5.41) is 2.02. The predicted octanol–water partition coefficient (Wildman–Crippen LogP) is 6.10. The Kier molecular flexibility index (Phi) is 5.03. The molecule has 0 saturated carbocycles. The van der Waals surface area contributed by atoms with Crippen LogP contribution in [0.3, 0.4) is 0 Å². The van der Waals surface area contributed by atoms with Crippen LogP contribution < -0.4 is 0 Å². The van der Waals surface area contributed by atoms with Crippen molar-refractivity contribution in [1.29, 1.82) is 0 Å². The second-order valence-electron chi connectivity index (χ2n) is 8.37. The highest BCUT2D eigenvalue weighted by Gasteiger charge is 2.31. The summed E-state index contributed by atoms with van der Waals surface area (Å²) in [5.41, 5.74) is 5.09. The topological polar surface area (TPSA) is 20.3 Å². The maximum atomic E-state index is 14.0. The zero-order valence-electron chi connectivity index (χ0n) is 17.5. The van der Waals surface area contributed by atoms with Crippen molar-refractivity contribution in [3.63, 3.8) is 0 Å². The van der Waals surface area contributed by atoms with Crippen molar-refractivity contribution in [2.45, 2.75) is 32.4 Å². The van der Waals surface area contributed by atoms with Gasteiger partial charge < -0.3 is 4.90 Å². The maximum absolute atomic E-state index is 14.0. The molecule has 31 heavy (non-hydrogen) atoms. The van der Waals surface area contributed by atoms with Crippen molar-refractivity contribution in [2.24, 2.45) is 0 Å². The van der Waals surface area contributed by atoms with Crippen molar-refractivity contribution >= 4 is 16.7 Å². The Morgan fingerprint density at radius 1 is 0.903 bits per heavy atom. The summed E-state index contributed by atoms with van der Waals surface area (Å²) in [4.78, 5) is 16.0. The molecular weight excluding hydrogens is 385 g/mol. The third-order valence-electron chi connectivity index (χ3n) is 6.32. The number of nitrogens with zero attached hydrogens (tertiary/aromatic N) is 1. The molecule has 0 heterocycles. The Morgan fingerprint density at radius 3 is 2.35 bits per heavy atom. The Morgan fingerprint density at radius 2 is 1.61 bits per heavy atom. The first-order valence-electron chi connectivity index (χ1n) is 10.7. The molecule has 0 N–H and O–H groups in total. The van der Waals surface area contributed by atoms with E-state index in [1.165, 1.54) is 23.3 Å². The van der Waals surface area contributed by atoms with Crippen LogP contribution in [0.4, 0.5) is 4.39 Å². The first-order valence-corrected chi connectivity index (χ1v) is 10.7. The van der Waals surface area contributed by atoms with Crippen LogP contribution >= 0.6 is 0 Å². The summed E-state index contributed by atoms with van der Waals surface area (Å²) in [7, 11) is 0. The van der Waals surface area contributed by atoms with Crippen LogP contribution in [0.25, 0.3) is 10.8 Å². The molecule has 2 nitrogen and oxygen atoms in total. The SMILES string of the molecule is Cc1ccc2ccccc2c1C(=O)N(Cc1cccc(F)c1)C1Cc2ccccc2C1. The maximum Gasteiger partial charge on any atom is 0.255 e. The number of benzene rings is 4. The van der Waals surface area contributed by atoms with Gasteiger partial charge in [-0.15, -0.1) is 0 Å². The fourth-order valence-electron chi connectivity index (χ4n) is 4.76. The highest BCUT2D eigenvalue weighted by Crippen LogP contribution is 2.30. The van der Waals surface area contributed by atoms with Crippen molar-refractivity contribution in [3.8, 4) is 0 Å². The number of hydrogen-bond acceptors (Lipinski definition) is 1. The molecule has 0 bridgehead atoms. The minimum atomic E-state index is -0.277. The summed E-state index contributed by atoms with van der Waals surface area (Å²) in [6, 6.07) is 27.1. The van der Waals surface area contributed by atoms with Gasteiger partial charge in [0.25, 0.3) is 5.91 Å². The van der Waals surface area contributed by atoms with Gasteiger partial charge >= 0.3 is 0 Å². The first kappa shape index (κ1) is 19.5. The fourth-order valence-corrected chi connectivity index (χ4v) is 4.76. The molecule has 4 aromatic rings. The second-order valence-corrected chi connectivity index (χ2v) is 8.37. The van der Waals surface area contributed by atoms with Gasteiger partial charge in [-0.25, -0.2) is 4.39 Å². The molecule has 154 valence electrons. The van der Waals surface area contributed by atoms with E-state index < -0.39 is 0 Å². The van der Waals surface area contributed by atoms with Crippen LogP contribution in [0.5, 0.6) is 0 Å². The number of carbonyl (C=O) groups is 1. The normalized spacial score (nSPS) is 13.4. The number of amides is 1. The molecule has 0 spiro atoms. The average molecular weight is 410 g/mol. The van der Waals surface area contributed by atoms with Gasteiger partial charge in [-0.2, -0.15) is 0 Å². The number of hydrogen-bond donors (Lipinski definition) is 0. The van der Waals surface area contributed by atoms with E-state index in [0.717, 1.165) is 40.3 Å². The number of rotatable bonds is 4. The minimum absolute atomic E-state index is 0.0105. The van der Waals surface area contributed by atoms with E-state index in [1.54, 1.807) is 6.07 Å². The van der Waals surface area contributed by atoms with Gasteiger partial charge in [0.2, 0.25) is 0 Å². The van der Waals surface area contributed by atoms with Crippen LogP contribution in [-0.4, -0.2) is 16.8 Å². The Labute approximate surface area is 181 Å². The number of aryl methyl sites for hydroxylation is 1. The van der Waals surface area contributed by atoms with Crippen LogP contribution in [0.2, 0.25) is 0 Å². The summed E-state index contributed by atoms with van der Waals surface area (Å²) in [6.07, 6.45) is 1.64. The van der Waals surface area contributed by atoms with Crippen LogP contribution in [0, 0.1) is 12.7 Å². The highest BCUT2D eigenvalue weighted by atomic mass is 19.1. The zero-order chi connectivity index (χ0) is 21.4. The van der Waals surface area contributed by atoms with Gasteiger partial charge in [0.15, 0.2) is 0 Å².